The minimum atomic E-state index is 0.266. The van der Waals surface area contributed by atoms with Crippen LogP contribution in [-0.4, -0.2) is 6.04 Å². The predicted molar refractivity (Wildman–Crippen MR) is 82.8 cm³/mol. The number of halogens is 1. The molecule has 3 rings (SSSR count). The molecule has 0 aromatic heterocycles. The second kappa shape index (κ2) is 4.40. The molecule has 1 N–H and O–H groups in total. The van der Waals surface area contributed by atoms with E-state index >= 15 is 0 Å². The molecule has 2 aliphatic carbocycles. The average Bonchev–Trinajstić information content (AvgIpc) is 2.86. The van der Waals surface area contributed by atoms with Gasteiger partial charge in [-0.25, -0.2) is 0 Å². The van der Waals surface area contributed by atoms with E-state index in [4.69, 9.17) is 11.6 Å². The third-order valence-electron chi connectivity index (χ3n) is 5.70. The minimum Gasteiger partial charge on any atom is -0.380 e. The Morgan fingerprint density at radius 1 is 1.35 bits per heavy atom. The van der Waals surface area contributed by atoms with Gasteiger partial charge in [0.05, 0.1) is 16.3 Å². The molecule has 2 saturated carbocycles. The Hall–Kier alpha value is -1.20. The summed E-state index contributed by atoms with van der Waals surface area (Å²) in [5.41, 5.74) is 2.05. The Morgan fingerprint density at radius 3 is 2.70 bits per heavy atom. The molecule has 2 nitrogen and oxygen atoms in total. The molecule has 3 heteroatoms. The van der Waals surface area contributed by atoms with Crippen LogP contribution in [0, 0.1) is 28.1 Å². The molecule has 0 radical (unpaired) electrons. The number of fused-ring (bicyclic) bond motifs is 2. The maximum atomic E-state index is 9.32. The zero-order valence-corrected chi connectivity index (χ0v) is 13.1. The molecule has 20 heavy (non-hydrogen) atoms. The van der Waals surface area contributed by atoms with Crippen molar-refractivity contribution in [3.63, 3.8) is 0 Å². The summed E-state index contributed by atoms with van der Waals surface area (Å²) in [6.07, 6.45) is 3.91. The van der Waals surface area contributed by atoms with Gasteiger partial charge in [0, 0.05) is 6.04 Å². The number of benzene rings is 1. The van der Waals surface area contributed by atoms with Crippen LogP contribution in [0.2, 0.25) is 5.02 Å². The maximum Gasteiger partial charge on any atom is 0.103 e. The smallest absolute Gasteiger partial charge is 0.103 e. The van der Waals surface area contributed by atoms with E-state index in [-0.39, 0.29) is 5.41 Å². The van der Waals surface area contributed by atoms with Crippen LogP contribution in [0.1, 0.15) is 45.6 Å². The van der Waals surface area contributed by atoms with E-state index in [0.29, 0.717) is 22.0 Å². The van der Waals surface area contributed by atoms with Crippen molar-refractivity contribution in [3.05, 3.63) is 28.8 Å². The molecule has 106 valence electrons. The highest BCUT2D eigenvalue weighted by Crippen LogP contribution is 2.63. The van der Waals surface area contributed by atoms with Gasteiger partial charge in [-0.3, -0.25) is 0 Å². The van der Waals surface area contributed by atoms with Gasteiger partial charge in [0.2, 0.25) is 0 Å². The van der Waals surface area contributed by atoms with Gasteiger partial charge in [-0.1, -0.05) is 38.4 Å². The number of nitriles is 1. The molecular weight excluding hydrogens is 268 g/mol. The second-order valence-corrected chi connectivity index (χ2v) is 7.67. The predicted octanol–water partition coefficient (Wildman–Crippen LogP) is 4.84. The normalized spacial score (nSPS) is 34.0. The van der Waals surface area contributed by atoms with Crippen LogP contribution in [-0.2, 0) is 0 Å². The van der Waals surface area contributed by atoms with Crippen LogP contribution in [0.25, 0.3) is 0 Å². The van der Waals surface area contributed by atoms with Crippen LogP contribution in [0.5, 0.6) is 0 Å². The van der Waals surface area contributed by atoms with Gasteiger partial charge >= 0.3 is 0 Å². The summed E-state index contributed by atoms with van der Waals surface area (Å²) in [7, 11) is 0. The molecule has 2 fully saturated rings. The topological polar surface area (TPSA) is 35.8 Å². The van der Waals surface area contributed by atoms with E-state index in [1.54, 1.807) is 6.07 Å². The first-order valence-electron chi connectivity index (χ1n) is 7.33. The van der Waals surface area contributed by atoms with E-state index in [9.17, 15) is 5.26 Å². The molecule has 3 unspecified atom stereocenters. The van der Waals surface area contributed by atoms with E-state index in [1.807, 2.05) is 12.1 Å². The SMILES string of the molecule is CC12CCC(C1)C(C)(C)C2Nc1cccc(Cl)c1C#N. The number of rotatable bonds is 2. The average molecular weight is 289 g/mol. The fraction of sp³-hybridized carbons (Fsp3) is 0.588. The molecule has 1 aromatic rings. The molecule has 0 aliphatic heterocycles. The second-order valence-electron chi connectivity index (χ2n) is 7.27. The number of anilines is 1. The Bertz CT molecular complexity index is 582. The zero-order chi connectivity index (χ0) is 14.5. The minimum absolute atomic E-state index is 0.266. The first-order valence-corrected chi connectivity index (χ1v) is 7.71. The van der Waals surface area contributed by atoms with Crippen LogP contribution in [0.4, 0.5) is 5.69 Å². The third kappa shape index (κ3) is 1.84. The van der Waals surface area contributed by atoms with Crippen molar-refractivity contribution in [1.82, 2.24) is 0 Å². The number of hydrogen-bond donors (Lipinski definition) is 1. The van der Waals surface area contributed by atoms with Crippen molar-refractivity contribution >= 4 is 17.3 Å². The van der Waals surface area contributed by atoms with Crippen molar-refractivity contribution in [2.75, 3.05) is 5.32 Å². The summed E-state index contributed by atoms with van der Waals surface area (Å²) < 4.78 is 0. The van der Waals surface area contributed by atoms with Crippen LogP contribution in [0.15, 0.2) is 18.2 Å². The van der Waals surface area contributed by atoms with Gasteiger partial charge in [0.15, 0.2) is 0 Å². The molecule has 2 bridgehead atoms. The van der Waals surface area contributed by atoms with Gasteiger partial charge in [0.1, 0.15) is 6.07 Å². The van der Waals surface area contributed by atoms with Gasteiger partial charge in [-0.15, -0.1) is 0 Å². The largest absolute Gasteiger partial charge is 0.380 e. The zero-order valence-electron chi connectivity index (χ0n) is 12.3. The lowest BCUT2D eigenvalue weighted by Crippen LogP contribution is -2.45. The van der Waals surface area contributed by atoms with E-state index in [0.717, 1.165) is 11.6 Å². The molecule has 0 spiro atoms. The Morgan fingerprint density at radius 2 is 2.10 bits per heavy atom. The summed E-state index contributed by atoms with van der Waals surface area (Å²) in [4.78, 5) is 0. The number of nitrogens with zero attached hydrogens (tertiary/aromatic N) is 1. The lowest BCUT2D eigenvalue weighted by atomic mass is 9.68. The molecule has 0 heterocycles. The highest BCUT2D eigenvalue weighted by atomic mass is 35.5. The third-order valence-corrected chi connectivity index (χ3v) is 6.01. The lowest BCUT2D eigenvalue weighted by molar-refractivity contribution is 0.155. The van der Waals surface area contributed by atoms with Crippen LogP contribution < -0.4 is 5.32 Å². The van der Waals surface area contributed by atoms with Gasteiger partial charge in [-0.05, 0) is 48.1 Å². The quantitative estimate of drug-likeness (QED) is 0.845. The van der Waals surface area contributed by atoms with Gasteiger partial charge in [-0.2, -0.15) is 5.26 Å². The van der Waals surface area contributed by atoms with Crippen LogP contribution >= 0.6 is 11.6 Å². The maximum absolute atomic E-state index is 9.32. The molecule has 0 amide bonds. The van der Waals surface area contributed by atoms with Crippen LogP contribution in [0.3, 0.4) is 0 Å². The Kier molecular flexibility index (Phi) is 3.03. The summed E-state index contributed by atoms with van der Waals surface area (Å²) in [6, 6.07) is 8.29. The van der Waals surface area contributed by atoms with Crippen molar-refractivity contribution in [1.29, 1.82) is 5.26 Å². The fourth-order valence-corrected chi connectivity index (χ4v) is 4.79. The summed E-state index contributed by atoms with van der Waals surface area (Å²) in [5, 5.41) is 13.5. The highest BCUT2D eigenvalue weighted by Gasteiger charge is 2.59. The first-order chi connectivity index (χ1) is 9.38. The highest BCUT2D eigenvalue weighted by molar-refractivity contribution is 6.32. The fourth-order valence-electron chi connectivity index (χ4n) is 4.58. The summed E-state index contributed by atoms with van der Waals surface area (Å²) >= 11 is 6.14. The standard InChI is InChI=1S/C17H21ClN2/c1-16(2)11-7-8-17(3,9-11)15(16)20-14-6-4-5-13(18)12(14)10-19/h4-6,11,15,20H,7-9H2,1-3H3. The molecule has 3 atom stereocenters. The number of nitrogens with one attached hydrogen (secondary N) is 1. The number of hydrogen-bond acceptors (Lipinski definition) is 2. The molecular formula is C17H21ClN2. The van der Waals surface area contributed by atoms with Crippen molar-refractivity contribution in [3.8, 4) is 6.07 Å². The Labute approximate surface area is 126 Å². The van der Waals surface area contributed by atoms with E-state index in [1.165, 1.54) is 19.3 Å². The van der Waals surface area contributed by atoms with Crippen molar-refractivity contribution < 1.29 is 0 Å². The summed E-state index contributed by atoms with van der Waals surface area (Å²) in [5.74, 6) is 0.787. The van der Waals surface area contributed by atoms with E-state index < -0.39 is 0 Å². The lowest BCUT2D eigenvalue weighted by Gasteiger charge is -2.43. The van der Waals surface area contributed by atoms with Gasteiger partial charge < -0.3 is 5.32 Å². The first kappa shape index (κ1) is 13.8. The summed E-state index contributed by atoms with van der Waals surface area (Å²) in [6.45, 7) is 7.10. The van der Waals surface area contributed by atoms with Crippen molar-refractivity contribution in [2.24, 2.45) is 16.7 Å². The molecule has 1 aromatic carbocycles. The molecule has 0 saturated heterocycles. The molecule has 2 aliphatic rings. The monoisotopic (exact) mass is 288 g/mol. The van der Waals surface area contributed by atoms with Gasteiger partial charge in [0.25, 0.3) is 0 Å². The van der Waals surface area contributed by atoms with E-state index in [2.05, 4.69) is 32.2 Å². The Balaban J connectivity index is 1.96. The van der Waals surface area contributed by atoms with Crippen molar-refractivity contribution in [2.45, 2.75) is 46.1 Å².